The maximum absolute atomic E-state index is 12.5. The number of esters is 1. The molecule has 0 fully saturated rings. The molecule has 1 aromatic heterocycles. The average Bonchev–Trinajstić information content (AvgIpc) is 3.35. The van der Waals surface area contributed by atoms with E-state index in [9.17, 15) is 4.79 Å². The summed E-state index contributed by atoms with van der Waals surface area (Å²) < 4.78 is 5.85. The molecule has 1 aliphatic carbocycles. The lowest BCUT2D eigenvalue weighted by Crippen LogP contribution is -2.41. The number of unbranched alkanes of at least 4 members (excludes halogenated alkanes) is 6. The molecule has 0 spiro atoms. The van der Waals surface area contributed by atoms with Crippen molar-refractivity contribution in [3.8, 4) is 5.75 Å². The number of benzene rings is 1. The molecule has 1 aliphatic rings. The molecular weight excluding hydrogens is 426 g/mol. The van der Waals surface area contributed by atoms with Gasteiger partial charge in [0.15, 0.2) is 0 Å². The maximum Gasteiger partial charge on any atom is 0.311 e. The van der Waals surface area contributed by atoms with Crippen LogP contribution in [0.1, 0.15) is 94.1 Å². The van der Waals surface area contributed by atoms with Crippen molar-refractivity contribution in [1.82, 2.24) is 4.90 Å². The zero-order valence-corrected chi connectivity index (χ0v) is 21.6. The fraction of sp³-hybridized carbons (Fsp3) is 0.621. The van der Waals surface area contributed by atoms with E-state index in [4.69, 9.17) is 4.74 Å². The summed E-state index contributed by atoms with van der Waals surface area (Å²) in [5, 5.41) is 2.17. The van der Waals surface area contributed by atoms with E-state index in [0.29, 0.717) is 12.5 Å². The van der Waals surface area contributed by atoms with E-state index in [1.165, 1.54) is 54.5 Å². The van der Waals surface area contributed by atoms with Crippen LogP contribution in [-0.4, -0.2) is 30.0 Å². The molecule has 0 N–H and O–H groups in total. The van der Waals surface area contributed by atoms with Crippen molar-refractivity contribution in [3.63, 3.8) is 0 Å². The number of carbonyl (C=O) groups excluding carboxylic acids is 1. The van der Waals surface area contributed by atoms with Gasteiger partial charge in [-0.2, -0.15) is 0 Å². The number of carbonyl (C=O) groups is 1. The van der Waals surface area contributed by atoms with Gasteiger partial charge in [-0.05, 0) is 73.7 Å². The minimum Gasteiger partial charge on any atom is -0.426 e. The third kappa shape index (κ3) is 8.57. The van der Waals surface area contributed by atoms with Gasteiger partial charge < -0.3 is 4.74 Å². The molecule has 1 aromatic carbocycles. The second kappa shape index (κ2) is 14.6. The van der Waals surface area contributed by atoms with Gasteiger partial charge in [0.2, 0.25) is 0 Å². The van der Waals surface area contributed by atoms with E-state index in [-0.39, 0.29) is 5.97 Å². The minimum absolute atomic E-state index is 0.0670. The molecule has 4 heteroatoms. The third-order valence-electron chi connectivity index (χ3n) is 6.87. The number of ether oxygens (including phenoxy) is 1. The maximum atomic E-state index is 12.5. The molecule has 0 amide bonds. The van der Waals surface area contributed by atoms with E-state index in [0.717, 1.165) is 57.4 Å². The SMILES string of the molecule is CCCCCCCCCC(=O)Oc1cccc2c1CCC(N(CCC)CCc1cccs1)C2. The van der Waals surface area contributed by atoms with Crippen molar-refractivity contribution < 1.29 is 9.53 Å². The molecule has 33 heavy (non-hydrogen) atoms. The monoisotopic (exact) mass is 469 g/mol. The molecule has 0 saturated heterocycles. The second-order valence-electron chi connectivity index (χ2n) is 9.50. The van der Waals surface area contributed by atoms with Gasteiger partial charge in [-0.3, -0.25) is 9.69 Å². The van der Waals surface area contributed by atoms with Crippen molar-refractivity contribution in [2.45, 2.75) is 103 Å². The summed E-state index contributed by atoms with van der Waals surface area (Å²) in [5.74, 6) is 0.738. The van der Waals surface area contributed by atoms with Gasteiger partial charge >= 0.3 is 5.97 Å². The van der Waals surface area contributed by atoms with Crippen molar-refractivity contribution in [2.75, 3.05) is 13.1 Å². The zero-order chi connectivity index (χ0) is 23.3. The lowest BCUT2D eigenvalue weighted by molar-refractivity contribution is -0.134. The normalized spacial score (nSPS) is 15.5. The Morgan fingerprint density at radius 1 is 1.00 bits per heavy atom. The van der Waals surface area contributed by atoms with Crippen LogP contribution in [0.15, 0.2) is 35.7 Å². The van der Waals surface area contributed by atoms with E-state index in [1.54, 1.807) is 0 Å². The fourth-order valence-corrected chi connectivity index (χ4v) is 5.73. The Labute approximate surface area is 205 Å². The van der Waals surface area contributed by atoms with Crippen LogP contribution in [0.2, 0.25) is 0 Å². The molecule has 0 radical (unpaired) electrons. The molecular formula is C29H43NO2S. The van der Waals surface area contributed by atoms with Crippen LogP contribution in [0, 0.1) is 0 Å². The Balaban J connectivity index is 1.49. The lowest BCUT2D eigenvalue weighted by atomic mass is 9.86. The van der Waals surface area contributed by atoms with Crippen LogP contribution >= 0.6 is 11.3 Å². The van der Waals surface area contributed by atoms with E-state index in [1.807, 2.05) is 17.4 Å². The molecule has 1 unspecified atom stereocenters. The zero-order valence-electron chi connectivity index (χ0n) is 20.8. The van der Waals surface area contributed by atoms with Gasteiger partial charge in [-0.15, -0.1) is 11.3 Å². The van der Waals surface area contributed by atoms with E-state index < -0.39 is 0 Å². The average molecular weight is 470 g/mol. The smallest absolute Gasteiger partial charge is 0.311 e. The van der Waals surface area contributed by atoms with Crippen molar-refractivity contribution in [3.05, 3.63) is 51.7 Å². The van der Waals surface area contributed by atoms with Crippen molar-refractivity contribution >= 4 is 17.3 Å². The summed E-state index contributed by atoms with van der Waals surface area (Å²) in [4.78, 5) is 16.6. The summed E-state index contributed by atoms with van der Waals surface area (Å²) in [5.41, 5.74) is 2.63. The first-order chi connectivity index (χ1) is 16.2. The Morgan fingerprint density at radius 2 is 1.82 bits per heavy atom. The highest BCUT2D eigenvalue weighted by Gasteiger charge is 2.26. The largest absolute Gasteiger partial charge is 0.426 e. The van der Waals surface area contributed by atoms with Crippen LogP contribution in [0.4, 0.5) is 0 Å². The first-order valence-corrected chi connectivity index (χ1v) is 14.2. The number of nitrogens with zero attached hydrogens (tertiary/aromatic N) is 1. The van der Waals surface area contributed by atoms with Gasteiger partial charge in [0.25, 0.3) is 0 Å². The Morgan fingerprint density at radius 3 is 2.58 bits per heavy atom. The van der Waals surface area contributed by atoms with Gasteiger partial charge in [-0.1, -0.05) is 70.6 Å². The lowest BCUT2D eigenvalue weighted by Gasteiger charge is -2.35. The van der Waals surface area contributed by atoms with Crippen LogP contribution < -0.4 is 4.74 Å². The molecule has 3 rings (SSSR count). The molecule has 0 bridgehead atoms. The highest BCUT2D eigenvalue weighted by Crippen LogP contribution is 2.32. The van der Waals surface area contributed by atoms with Crippen LogP contribution in [0.25, 0.3) is 0 Å². The Kier molecular flexibility index (Phi) is 11.5. The number of rotatable bonds is 15. The molecule has 3 nitrogen and oxygen atoms in total. The summed E-state index contributed by atoms with van der Waals surface area (Å²) in [6.07, 6.45) is 14.6. The standard InChI is InChI=1S/C29H43NO2S/c1-3-5-6-7-8-9-10-16-29(31)32-28-15-11-13-24-23-25(17-18-27(24)28)30(20-4-2)21-19-26-14-12-22-33-26/h11-15,22,25H,3-10,16-21,23H2,1-2H3. The van der Waals surface area contributed by atoms with Crippen molar-refractivity contribution in [1.29, 1.82) is 0 Å². The summed E-state index contributed by atoms with van der Waals surface area (Å²) >= 11 is 1.86. The number of hydrogen-bond donors (Lipinski definition) is 0. The highest BCUT2D eigenvalue weighted by atomic mass is 32.1. The number of hydrogen-bond acceptors (Lipinski definition) is 4. The number of fused-ring (bicyclic) bond motifs is 1. The summed E-state index contributed by atoms with van der Waals surface area (Å²) in [7, 11) is 0. The van der Waals surface area contributed by atoms with E-state index >= 15 is 0 Å². The van der Waals surface area contributed by atoms with Crippen LogP contribution in [-0.2, 0) is 24.1 Å². The second-order valence-corrected chi connectivity index (χ2v) is 10.5. The Hall–Kier alpha value is -1.65. The first kappa shape index (κ1) is 26.0. The van der Waals surface area contributed by atoms with E-state index in [2.05, 4.69) is 48.4 Å². The predicted molar refractivity (Wildman–Crippen MR) is 140 cm³/mol. The summed E-state index contributed by atoms with van der Waals surface area (Å²) in [6, 6.07) is 11.3. The molecule has 0 saturated carbocycles. The van der Waals surface area contributed by atoms with Crippen LogP contribution in [0.5, 0.6) is 5.75 Å². The van der Waals surface area contributed by atoms with Crippen LogP contribution in [0.3, 0.4) is 0 Å². The van der Waals surface area contributed by atoms with Gasteiger partial charge in [0.05, 0.1) is 0 Å². The highest BCUT2D eigenvalue weighted by molar-refractivity contribution is 7.09. The minimum atomic E-state index is -0.0670. The molecule has 1 heterocycles. The van der Waals surface area contributed by atoms with Gasteiger partial charge in [0.1, 0.15) is 5.75 Å². The first-order valence-electron chi connectivity index (χ1n) is 13.3. The molecule has 1 atom stereocenters. The van der Waals surface area contributed by atoms with Gasteiger partial charge in [-0.25, -0.2) is 0 Å². The molecule has 182 valence electrons. The Bertz CT molecular complexity index is 817. The third-order valence-corrected chi connectivity index (χ3v) is 7.81. The predicted octanol–water partition coefficient (Wildman–Crippen LogP) is 7.61. The summed E-state index contributed by atoms with van der Waals surface area (Å²) in [6.45, 7) is 6.80. The molecule has 2 aromatic rings. The quantitative estimate of drug-likeness (QED) is 0.153. The topological polar surface area (TPSA) is 29.5 Å². The fourth-order valence-electron chi connectivity index (χ4n) is 5.03. The number of thiophene rings is 1. The van der Waals surface area contributed by atoms with Gasteiger partial charge in [0, 0.05) is 23.9 Å². The molecule has 0 aliphatic heterocycles. The van der Waals surface area contributed by atoms with Crippen molar-refractivity contribution in [2.24, 2.45) is 0 Å².